The molecule has 0 aliphatic heterocycles. The fourth-order valence-electron chi connectivity index (χ4n) is 1.73. The maximum absolute atomic E-state index is 12.5. The topological polar surface area (TPSA) is 38.8 Å². The lowest BCUT2D eigenvalue weighted by molar-refractivity contribution is 0.0768. The van der Waals surface area contributed by atoms with Crippen LogP contribution in [0, 0.1) is 0 Å². The number of amides is 1. The summed E-state index contributed by atoms with van der Waals surface area (Å²) in [7, 11) is 3.10. The molecule has 0 saturated heterocycles. The Morgan fingerprint density at radius 2 is 1.83 bits per heavy atom. The third-order valence-corrected chi connectivity index (χ3v) is 3.02. The van der Waals surface area contributed by atoms with Crippen LogP contribution in [0.15, 0.2) is 18.2 Å². The van der Waals surface area contributed by atoms with E-state index in [4.69, 9.17) is 9.47 Å². The molecule has 5 heteroatoms. The first-order chi connectivity index (χ1) is 8.69. The summed E-state index contributed by atoms with van der Waals surface area (Å²) >= 11 is 3.35. The van der Waals surface area contributed by atoms with Crippen LogP contribution in [0.3, 0.4) is 0 Å². The van der Waals surface area contributed by atoms with Gasteiger partial charge in [-0.05, 0) is 19.1 Å². The molecule has 0 atom stereocenters. The molecule has 0 unspecified atom stereocenters. The van der Waals surface area contributed by atoms with E-state index in [2.05, 4.69) is 15.9 Å². The van der Waals surface area contributed by atoms with Gasteiger partial charge in [-0.15, -0.1) is 0 Å². The molecule has 4 nitrogen and oxygen atoms in total. The predicted molar refractivity (Wildman–Crippen MR) is 74.9 cm³/mol. The van der Waals surface area contributed by atoms with E-state index < -0.39 is 0 Å². The Morgan fingerprint density at radius 3 is 2.22 bits per heavy atom. The maximum atomic E-state index is 12.5. The molecular weight excluding hydrogens is 298 g/mol. The highest BCUT2D eigenvalue weighted by molar-refractivity contribution is 9.09. The number of halogens is 1. The maximum Gasteiger partial charge on any atom is 0.261 e. The Bertz CT molecular complexity index is 387. The normalized spacial score (nSPS) is 10.0. The molecule has 0 aromatic heterocycles. The second-order valence-corrected chi connectivity index (χ2v) is 4.40. The number of alkyl halides is 1. The second-order valence-electron chi connectivity index (χ2n) is 3.61. The van der Waals surface area contributed by atoms with Crippen molar-refractivity contribution in [2.75, 3.05) is 32.6 Å². The van der Waals surface area contributed by atoms with Gasteiger partial charge in [0.25, 0.3) is 5.91 Å². The van der Waals surface area contributed by atoms with Gasteiger partial charge in [0.2, 0.25) is 0 Å². The van der Waals surface area contributed by atoms with Gasteiger partial charge in [-0.25, -0.2) is 0 Å². The third-order valence-electron chi connectivity index (χ3n) is 2.67. The first-order valence-corrected chi connectivity index (χ1v) is 6.87. The number of benzene rings is 1. The number of hydrogen-bond donors (Lipinski definition) is 0. The number of rotatable bonds is 6. The summed E-state index contributed by atoms with van der Waals surface area (Å²) in [5.41, 5.74) is 0.477. The monoisotopic (exact) mass is 315 g/mol. The molecule has 1 rings (SSSR count). The first kappa shape index (κ1) is 14.8. The van der Waals surface area contributed by atoms with E-state index in [1.165, 1.54) is 0 Å². The molecule has 0 saturated carbocycles. The largest absolute Gasteiger partial charge is 0.496 e. The Hall–Kier alpha value is -1.23. The summed E-state index contributed by atoms with van der Waals surface area (Å²) in [6.07, 6.45) is 0. The molecule has 0 bridgehead atoms. The van der Waals surface area contributed by atoms with Crippen molar-refractivity contribution in [3.63, 3.8) is 0 Å². The Kier molecular flexibility index (Phi) is 5.98. The van der Waals surface area contributed by atoms with Crippen molar-refractivity contribution in [3.8, 4) is 11.5 Å². The van der Waals surface area contributed by atoms with Crippen LogP contribution in [0.25, 0.3) is 0 Å². The van der Waals surface area contributed by atoms with Crippen LogP contribution in [-0.2, 0) is 0 Å². The molecule has 0 heterocycles. The minimum atomic E-state index is -0.0775. The average Bonchev–Trinajstić information content (AvgIpc) is 2.42. The van der Waals surface area contributed by atoms with Crippen LogP contribution in [0.1, 0.15) is 17.3 Å². The van der Waals surface area contributed by atoms with Gasteiger partial charge in [0, 0.05) is 18.4 Å². The summed E-state index contributed by atoms with van der Waals surface area (Å²) in [6.45, 7) is 3.24. The van der Waals surface area contributed by atoms with Crippen LogP contribution in [0.5, 0.6) is 11.5 Å². The van der Waals surface area contributed by atoms with Gasteiger partial charge in [0.15, 0.2) is 0 Å². The quantitative estimate of drug-likeness (QED) is 0.757. The summed E-state index contributed by atoms with van der Waals surface area (Å²) in [6, 6.07) is 5.32. The second kappa shape index (κ2) is 7.26. The SMILES string of the molecule is CCN(CCBr)C(=O)c1c(OC)cccc1OC. The molecule has 0 aliphatic rings. The van der Waals surface area contributed by atoms with Gasteiger partial charge in [0.05, 0.1) is 14.2 Å². The molecule has 0 radical (unpaired) electrons. The van der Waals surface area contributed by atoms with Crippen LogP contribution < -0.4 is 9.47 Å². The average molecular weight is 316 g/mol. The van der Waals surface area contributed by atoms with Crippen molar-refractivity contribution in [2.24, 2.45) is 0 Å². The molecule has 0 aliphatic carbocycles. The Labute approximate surface area is 116 Å². The zero-order valence-corrected chi connectivity index (χ0v) is 12.5. The lowest BCUT2D eigenvalue weighted by Crippen LogP contribution is -2.33. The lowest BCUT2D eigenvalue weighted by atomic mass is 10.1. The van der Waals surface area contributed by atoms with Crippen molar-refractivity contribution in [2.45, 2.75) is 6.92 Å². The van der Waals surface area contributed by atoms with E-state index in [0.29, 0.717) is 30.2 Å². The molecule has 0 spiro atoms. The van der Waals surface area contributed by atoms with Crippen molar-refractivity contribution in [3.05, 3.63) is 23.8 Å². The van der Waals surface area contributed by atoms with E-state index in [1.807, 2.05) is 6.92 Å². The van der Waals surface area contributed by atoms with Gasteiger partial charge in [-0.3, -0.25) is 4.79 Å². The Balaban J connectivity index is 3.16. The highest BCUT2D eigenvalue weighted by atomic mass is 79.9. The number of carbonyl (C=O) groups excluding carboxylic acids is 1. The van der Waals surface area contributed by atoms with Crippen molar-refractivity contribution >= 4 is 21.8 Å². The lowest BCUT2D eigenvalue weighted by Gasteiger charge is -2.22. The minimum absolute atomic E-state index is 0.0775. The van der Waals surface area contributed by atoms with Crippen LogP contribution in [0.4, 0.5) is 0 Å². The van der Waals surface area contributed by atoms with Crippen molar-refractivity contribution < 1.29 is 14.3 Å². The molecule has 0 N–H and O–H groups in total. The number of nitrogens with zero attached hydrogens (tertiary/aromatic N) is 1. The van der Waals surface area contributed by atoms with E-state index >= 15 is 0 Å². The number of hydrogen-bond acceptors (Lipinski definition) is 3. The van der Waals surface area contributed by atoms with E-state index in [1.54, 1.807) is 37.3 Å². The van der Waals surface area contributed by atoms with Gasteiger partial charge in [-0.1, -0.05) is 22.0 Å². The van der Waals surface area contributed by atoms with Crippen molar-refractivity contribution in [1.29, 1.82) is 0 Å². The summed E-state index contributed by atoms with van der Waals surface area (Å²) in [5.74, 6) is 0.992. The highest BCUT2D eigenvalue weighted by Gasteiger charge is 2.22. The summed E-state index contributed by atoms with van der Waals surface area (Å²) in [5, 5.41) is 0.740. The van der Waals surface area contributed by atoms with E-state index in [-0.39, 0.29) is 5.91 Å². The van der Waals surface area contributed by atoms with E-state index in [0.717, 1.165) is 5.33 Å². The van der Waals surface area contributed by atoms with Gasteiger partial charge >= 0.3 is 0 Å². The van der Waals surface area contributed by atoms with Gasteiger partial charge < -0.3 is 14.4 Å². The zero-order chi connectivity index (χ0) is 13.5. The molecule has 1 amide bonds. The molecule has 1 aromatic rings. The third kappa shape index (κ3) is 3.16. The molecule has 18 heavy (non-hydrogen) atoms. The number of carbonyl (C=O) groups is 1. The van der Waals surface area contributed by atoms with Gasteiger partial charge in [0.1, 0.15) is 17.1 Å². The van der Waals surface area contributed by atoms with Crippen molar-refractivity contribution in [1.82, 2.24) is 4.90 Å². The molecule has 1 aromatic carbocycles. The predicted octanol–water partition coefficient (Wildman–Crippen LogP) is 2.56. The first-order valence-electron chi connectivity index (χ1n) is 5.75. The molecule has 0 fully saturated rings. The Morgan fingerprint density at radius 1 is 1.28 bits per heavy atom. The standard InChI is InChI=1S/C13H18BrNO3/c1-4-15(9-8-14)13(16)12-10(17-2)6-5-7-11(12)18-3/h5-7H,4,8-9H2,1-3H3. The summed E-state index contributed by atoms with van der Waals surface area (Å²) in [4.78, 5) is 14.2. The molecular formula is C13H18BrNO3. The number of methoxy groups -OCH3 is 2. The number of ether oxygens (including phenoxy) is 2. The molecule has 100 valence electrons. The zero-order valence-electron chi connectivity index (χ0n) is 10.9. The minimum Gasteiger partial charge on any atom is -0.496 e. The van der Waals surface area contributed by atoms with E-state index in [9.17, 15) is 4.79 Å². The van der Waals surface area contributed by atoms with Gasteiger partial charge in [-0.2, -0.15) is 0 Å². The summed E-state index contributed by atoms with van der Waals surface area (Å²) < 4.78 is 10.5. The highest BCUT2D eigenvalue weighted by Crippen LogP contribution is 2.29. The van der Waals surface area contributed by atoms with Crippen LogP contribution in [-0.4, -0.2) is 43.4 Å². The van der Waals surface area contributed by atoms with Crippen LogP contribution >= 0.6 is 15.9 Å². The fraction of sp³-hybridized carbons (Fsp3) is 0.462. The van der Waals surface area contributed by atoms with Crippen LogP contribution in [0.2, 0.25) is 0 Å². The fourth-order valence-corrected chi connectivity index (χ4v) is 2.15. The smallest absolute Gasteiger partial charge is 0.261 e.